The highest BCUT2D eigenvalue weighted by Gasteiger charge is 2.37. The average Bonchev–Trinajstić information content (AvgIpc) is 0.854. The lowest BCUT2D eigenvalue weighted by Crippen LogP contribution is -2.37. The number of aryl methyl sites for hydroxylation is 2. The van der Waals surface area contributed by atoms with E-state index in [1.165, 1.54) is 155 Å². The van der Waals surface area contributed by atoms with Gasteiger partial charge in [0.2, 0.25) is 0 Å². The third kappa shape index (κ3) is 19.1. The van der Waals surface area contributed by atoms with Gasteiger partial charge in [-0.25, -0.2) is 33.4 Å². The Morgan fingerprint density at radius 2 is 0.847 bits per heavy atom. The highest BCUT2D eigenvalue weighted by molar-refractivity contribution is 6.20. The Balaban J connectivity index is 0.000000249. The molecule has 0 spiro atoms. The summed E-state index contributed by atoms with van der Waals surface area (Å²) in [4.78, 5) is 125. The Morgan fingerprint density at radius 3 is 1.20 bits per heavy atom. The zero-order valence-electron chi connectivity index (χ0n) is 54.6. The first-order chi connectivity index (χ1) is 46.7. The van der Waals surface area contributed by atoms with Crippen molar-refractivity contribution in [1.29, 1.82) is 0 Å². The number of aromatic nitrogens is 4. The third-order valence-electron chi connectivity index (χ3n) is 15.0. The fourth-order valence-electron chi connectivity index (χ4n) is 10.5. The van der Waals surface area contributed by atoms with Crippen molar-refractivity contribution in [3.63, 3.8) is 0 Å². The SMILES string of the molecule is CC(C)(C)OC(=O)CCCCc1nc2cc(C(=O)N[C@@H](CON)c3ccc(F)cc3)ccc2c(=O)n1-c1ccc(F)cc1.CC(C)(C)OC(=O)CCCCc1nc2cc(C(=O)N[C@@H](CON3C(=O)c4ccccc4C3=O)c3ccc(F)cc3)ccc2c(=O)n1-c1ccc(F)cc1.NN. The number of hydrazine groups is 1. The number of hydrogen-bond acceptors (Lipinski definition) is 17. The molecule has 98 heavy (non-hydrogen) atoms. The Kier molecular flexibility index (Phi) is 24.5. The molecule has 7 aromatic carbocycles. The second kappa shape index (κ2) is 32.9. The maximum absolute atomic E-state index is 13.9. The molecule has 9 aromatic rings. The van der Waals surface area contributed by atoms with Crippen LogP contribution in [0, 0.1) is 23.3 Å². The number of nitrogens with zero attached hydrogens (tertiary/aromatic N) is 5. The predicted molar refractivity (Wildman–Crippen MR) is 356 cm³/mol. The van der Waals surface area contributed by atoms with Crippen LogP contribution in [0.2, 0.25) is 0 Å². The average molecular weight is 1350 g/mol. The lowest BCUT2D eigenvalue weighted by molar-refractivity contribution is -0.156. The van der Waals surface area contributed by atoms with Gasteiger partial charge in [0.15, 0.2) is 0 Å². The standard InChI is InChI=1S/C40H36F2N4O7.C32H34F2N4O5.H4N2/c1-40(2,3)53-35(47)11-7-6-10-34-43-32-22-25(14-21-31(32)37(49)45(34)28-19-17-27(42)18-20-28)36(48)44-33(24-12-15-26(41)16-13-24)23-52-46-38(50)29-8-4-5-9-30(29)39(46)51;1-32(2,3)43-29(39)7-5-4-6-28-36-26-18-21(30(40)37-27(19-42-35)20-8-11-22(33)12-9-20)10-17-25(26)31(41)38(28)24-15-13-23(34)14-16-24;1-2/h4-5,8-9,12-22,33H,6-7,10-11,23H2,1-3H3,(H,44,48);8-18,27H,4-7,19,35H2,1-3H3,(H,37,40);1-2H2/t33-;27-;/m00./s1. The third-order valence-corrected chi connectivity index (χ3v) is 15.0. The van der Waals surface area contributed by atoms with Gasteiger partial charge < -0.3 is 24.9 Å². The normalized spacial score (nSPS) is 12.6. The van der Waals surface area contributed by atoms with Gasteiger partial charge in [0.1, 0.15) is 52.7 Å². The Bertz CT molecular complexity index is 4450. The van der Waals surface area contributed by atoms with Crippen molar-refractivity contribution < 1.29 is 65.5 Å². The fourth-order valence-corrected chi connectivity index (χ4v) is 10.5. The highest BCUT2D eigenvalue weighted by Crippen LogP contribution is 2.27. The van der Waals surface area contributed by atoms with Crippen LogP contribution >= 0.6 is 0 Å². The first-order valence-electron chi connectivity index (χ1n) is 31.2. The zero-order valence-corrected chi connectivity index (χ0v) is 54.6. The molecule has 26 heteroatoms. The van der Waals surface area contributed by atoms with Crippen LogP contribution in [0.1, 0.15) is 156 Å². The molecule has 22 nitrogen and oxygen atoms in total. The summed E-state index contributed by atoms with van der Waals surface area (Å²) in [6.07, 6.45) is 2.96. The Hall–Kier alpha value is -10.6. The van der Waals surface area contributed by atoms with E-state index in [0.717, 1.165) is 0 Å². The van der Waals surface area contributed by atoms with Crippen molar-refractivity contribution in [3.05, 3.63) is 247 Å². The second-order valence-electron chi connectivity index (χ2n) is 24.6. The van der Waals surface area contributed by atoms with Crippen LogP contribution in [0.25, 0.3) is 33.2 Å². The number of halogens is 4. The van der Waals surface area contributed by atoms with Crippen LogP contribution in [-0.2, 0) is 41.6 Å². The molecule has 512 valence electrons. The van der Waals surface area contributed by atoms with E-state index in [9.17, 15) is 55.9 Å². The number of carbonyl (C=O) groups is 6. The van der Waals surface area contributed by atoms with Gasteiger partial charge >= 0.3 is 11.9 Å². The van der Waals surface area contributed by atoms with E-state index in [1.807, 2.05) is 0 Å². The number of fused-ring (bicyclic) bond motifs is 3. The number of ether oxygens (including phenoxy) is 2. The van der Waals surface area contributed by atoms with E-state index in [0.29, 0.717) is 76.8 Å². The first kappa shape index (κ1) is 73.2. The van der Waals surface area contributed by atoms with Crippen molar-refractivity contribution in [2.75, 3.05) is 13.2 Å². The molecule has 2 aromatic heterocycles. The van der Waals surface area contributed by atoms with Gasteiger partial charge in [-0.15, -0.1) is 5.06 Å². The summed E-state index contributed by atoms with van der Waals surface area (Å²) in [6.45, 7) is 10.3. The molecule has 1 aliphatic rings. The molecule has 4 amide bonds. The van der Waals surface area contributed by atoms with Crippen LogP contribution in [0.15, 0.2) is 167 Å². The first-order valence-corrected chi connectivity index (χ1v) is 31.2. The summed E-state index contributed by atoms with van der Waals surface area (Å²) in [7, 11) is 0. The molecule has 0 unspecified atom stereocenters. The quantitative estimate of drug-likeness (QED) is 0.00992. The lowest BCUT2D eigenvalue weighted by atomic mass is 10.1. The monoisotopic (exact) mass is 1350 g/mol. The number of unbranched alkanes of at least 4 members (excludes halogenated alkanes) is 2. The lowest BCUT2D eigenvalue weighted by Gasteiger charge is -2.22. The molecular weight excluding hydrogens is 1270 g/mol. The number of nitrogens with two attached hydrogens (primary N) is 3. The Labute approximate surface area is 560 Å². The van der Waals surface area contributed by atoms with Gasteiger partial charge in [-0.1, -0.05) is 36.4 Å². The minimum absolute atomic E-state index is 0.0565. The summed E-state index contributed by atoms with van der Waals surface area (Å²) in [5, 5.41) is 6.74. The second-order valence-corrected chi connectivity index (χ2v) is 24.6. The number of amides is 4. The van der Waals surface area contributed by atoms with Gasteiger partial charge in [-0.2, -0.15) is 0 Å². The van der Waals surface area contributed by atoms with E-state index < -0.39 is 75.7 Å². The predicted octanol–water partition coefficient (Wildman–Crippen LogP) is 10.3. The van der Waals surface area contributed by atoms with E-state index in [1.54, 1.807) is 53.7 Å². The molecule has 2 atom stereocenters. The molecular formula is C72H74F4N10O12. The minimum atomic E-state index is -0.942. The minimum Gasteiger partial charge on any atom is -0.460 e. The topological polar surface area (TPSA) is 314 Å². The fraction of sp³-hybridized carbons (Fsp3) is 0.278. The Morgan fingerprint density at radius 1 is 0.490 bits per heavy atom. The van der Waals surface area contributed by atoms with E-state index in [-0.39, 0.29) is 88.5 Å². The summed E-state index contributed by atoms with van der Waals surface area (Å²) >= 11 is 0. The van der Waals surface area contributed by atoms with Crippen LogP contribution in [0.3, 0.4) is 0 Å². The number of hydroxylamine groups is 2. The van der Waals surface area contributed by atoms with Gasteiger partial charge in [-0.05, 0) is 200 Å². The summed E-state index contributed by atoms with van der Waals surface area (Å²) in [5.41, 5.74) is 1.11. The number of carbonyl (C=O) groups excluding carboxylic acids is 6. The van der Waals surface area contributed by atoms with Crippen LogP contribution < -0.4 is 39.3 Å². The number of hydrogen-bond donors (Lipinski definition) is 5. The van der Waals surface area contributed by atoms with Gasteiger partial charge in [-0.3, -0.25) is 64.0 Å². The summed E-state index contributed by atoms with van der Waals surface area (Å²) in [5.74, 6) is 9.12. The van der Waals surface area contributed by atoms with Crippen LogP contribution in [-0.4, -0.2) is 84.1 Å². The van der Waals surface area contributed by atoms with Crippen molar-refractivity contribution >= 4 is 57.4 Å². The zero-order chi connectivity index (χ0) is 71.0. The number of benzene rings is 7. The number of rotatable bonds is 23. The molecule has 0 saturated carbocycles. The molecule has 10 rings (SSSR count). The molecule has 8 N–H and O–H groups in total. The van der Waals surface area contributed by atoms with Gasteiger partial charge in [0.25, 0.3) is 34.7 Å². The van der Waals surface area contributed by atoms with Gasteiger partial charge in [0, 0.05) is 36.8 Å². The van der Waals surface area contributed by atoms with E-state index >= 15 is 0 Å². The number of esters is 2. The molecule has 0 saturated heterocycles. The van der Waals surface area contributed by atoms with Gasteiger partial charge in [0.05, 0.1) is 63.0 Å². The number of imide groups is 1. The molecule has 1 aliphatic heterocycles. The van der Waals surface area contributed by atoms with Crippen LogP contribution in [0.5, 0.6) is 0 Å². The largest absolute Gasteiger partial charge is 0.460 e. The molecule has 3 heterocycles. The van der Waals surface area contributed by atoms with Crippen molar-refractivity contribution in [1.82, 2.24) is 34.8 Å². The molecule has 0 bridgehead atoms. The van der Waals surface area contributed by atoms with Crippen molar-refractivity contribution in [3.8, 4) is 11.4 Å². The smallest absolute Gasteiger partial charge is 0.306 e. The maximum atomic E-state index is 13.9. The molecule has 0 radical (unpaired) electrons. The summed E-state index contributed by atoms with van der Waals surface area (Å²) in [6, 6.07) is 35.4. The van der Waals surface area contributed by atoms with Crippen molar-refractivity contribution in [2.24, 2.45) is 17.6 Å². The van der Waals surface area contributed by atoms with E-state index in [2.05, 4.69) is 22.3 Å². The van der Waals surface area contributed by atoms with E-state index in [4.69, 9.17) is 35.0 Å². The summed E-state index contributed by atoms with van der Waals surface area (Å²) < 4.78 is 68.3. The number of nitrogens with one attached hydrogen (secondary N) is 2. The van der Waals surface area contributed by atoms with Crippen molar-refractivity contribution in [2.45, 2.75) is 116 Å². The highest BCUT2D eigenvalue weighted by atomic mass is 19.1. The molecule has 0 fully saturated rings. The maximum Gasteiger partial charge on any atom is 0.306 e. The molecule has 0 aliphatic carbocycles. The van der Waals surface area contributed by atoms with Crippen LogP contribution in [0.4, 0.5) is 17.6 Å².